The number of benzene rings is 4. The summed E-state index contributed by atoms with van der Waals surface area (Å²) in [6, 6.07) is 23.4. The van der Waals surface area contributed by atoms with Crippen molar-refractivity contribution in [1.82, 2.24) is 0 Å². The number of hydrogen-bond donors (Lipinski definition) is 1. The molecule has 0 atom stereocenters. The molecule has 0 fully saturated rings. The fourth-order valence-electron chi connectivity index (χ4n) is 4.43. The van der Waals surface area contributed by atoms with Crippen LogP contribution in [0.3, 0.4) is 0 Å². The molecule has 7 heteroatoms. The molecular formula is C31H27NO5S. The van der Waals surface area contributed by atoms with E-state index in [-0.39, 0.29) is 44.0 Å². The van der Waals surface area contributed by atoms with E-state index in [2.05, 4.69) is 25.5 Å². The molecule has 0 aromatic heterocycles. The number of hydrogen-bond acceptors (Lipinski definition) is 5. The summed E-state index contributed by atoms with van der Waals surface area (Å²) in [6.07, 6.45) is 0. The van der Waals surface area contributed by atoms with Gasteiger partial charge in [-0.1, -0.05) is 74.9 Å². The molecular weight excluding hydrogens is 498 g/mol. The average Bonchev–Trinajstić information content (AvgIpc) is 2.88. The normalized spacial score (nSPS) is 13.1. The Bertz CT molecular complexity index is 1680. The third-order valence-corrected chi connectivity index (χ3v) is 7.94. The van der Waals surface area contributed by atoms with Crippen molar-refractivity contribution < 1.29 is 22.7 Å². The number of carbonyl (C=O) groups excluding carboxylic acids is 2. The number of ketones is 2. The van der Waals surface area contributed by atoms with Crippen LogP contribution >= 0.6 is 0 Å². The van der Waals surface area contributed by atoms with Crippen molar-refractivity contribution >= 4 is 27.3 Å². The van der Waals surface area contributed by atoms with Crippen LogP contribution in [0.4, 0.5) is 5.69 Å². The molecule has 1 aliphatic rings. The van der Waals surface area contributed by atoms with Gasteiger partial charge in [-0.3, -0.25) is 14.3 Å². The highest BCUT2D eigenvalue weighted by atomic mass is 32.2. The zero-order valence-electron chi connectivity index (χ0n) is 21.5. The van der Waals surface area contributed by atoms with E-state index in [4.69, 9.17) is 4.74 Å². The zero-order chi connectivity index (χ0) is 27.2. The molecule has 0 spiro atoms. The van der Waals surface area contributed by atoms with Crippen LogP contribution in [-0.2, 0) is 15.4 Å². The summed E-state index contributed by atoms with van der Waals surface area (Å²) in [5, 5.41) is 0. The van der Waals surface area contributed by atoms with E-state index >= 15 is 0 Å². The van der Waals surface area contributed by atoms with Gasteiger partial charge >= 0.3 is 0 Å². The number of carbonyl (C=O) groups is 2. The predicted molar refractivity (Wildman–Crippen MR) is 147 cm³/mol. The van der Waals surface area contributed by atoms with Gasteiger partial charge in [0.25, 0.3) is 10.0 Å². The third kappa shape index (κ3) is 4.61. The van der Waals surface area contributed by atoms with Gasteiger partial charge in [0.05, 0.1) is 21.7 Å². The van der Waals surface area contributed by atoms with Crippen molar-refractivity contribution in [2.45, 2.75) is 38.0 Å². The number of rotatable bonds is 5. The van der Waals surface area contributed by atoms with Crippen LogP contribution in [-0.4, -0.2) is 20.0 Å². The van der Waals surface area contributed by atoms with Gasteiger partial charge in [0.15, 0.2) is 11.6 Å². The second-order valence-electron chi connectivity index (χ2n) is 10.4. The highest BCUT2D eigenvalue weighted by molar-refractivity contribution is 7.92. The lowest BCUT2D eigenvalue weighted by atomic mass is 9.83. The molecule has 0 bridgehead atoms. The van der Waals surface area contributed by atoms with Crippen molar-refractivity contribution in [2.24, 2.45) is 0 Å². The topological polar surface area (TPSA) is 89.5 Å². The van der Waals surface area contributed by atoms with Crippen molar-refractivity contribution in [3.63, 3.8) is 0 Å². The van der Waals surface area contributed by atoms with E-state index in [1.165, 1.54) is 24.3 Å². The van der Waals surface area contributed by atoms with Gasteiger partial charge in [-0.15, -0.1) is 0 Å². The number of ether oxygens (including phenoxy) is 1. The first-order valence-corrected chi connectivity index (χ1v) is 13.7. The maximum atomic E-state index is 13.7. The Morgan fingerprint density at radius 2 is 1.29 bits per heavy atom. The van der Waals surface area contributed by atoms with E-state index in [1.807, 2.05) is 31.2 Å². The van der Waals surface area contributed by atoms with Gasteiger partial charge < -0.3 is 4.74 Å². The fourth-order valence-corrected chi connectivity index (χ4v) is 5.51. The molecule has 0 radical (unpaired) electrons. The number of aryl methyl sites for hydroxylation is 1. The molecule has 192 valence electrons. The standard InChI is InChI=1S/C31H27NO5S/c1-19-9-15-22(16-10-19)38(35,36)32-25-17-18-26(37-21-13-11-20(12-14-21)31(2,3)4)28-27(25)29(33)23-7-5-6-8-24(23)30(28)34/h5-18,32H,1-4H3. The Kier molecular flexibility index (Phi) is 6.19. The van der Waals surface area contributed by atoms with Gasteiger partial charge in [0, 0.05) is 11.1 Å². The van der Waals surface area contributed by atoms with Gasteiger partial charge in [0.1, 0.15) is 11.5 Å². The van der Waals surface area contributed by atoms with E-state index in [1.54, 1.807) is 36.4 Å². The maximum absolute atomic E-state index is 13.7. The first-order valence-electron chi connectivity index (χ1n) is 12.2. The predicted octanol–water partition coefficient (Wildman–Crippen LogP) is 6.66. The summed E-state index contributed by atoms with van der Waals surface area (Å²) >= 11 is 0. The van der Waals surface area contributed by atoms with E-state index in [0.717, 1.165) is 11.1 Å². The number of anilines is 1. The summed E-state index contributed by atoms with van der Waals surface area (Å²) in [7, 11) is -4.03. The molecule has 0 aliphatic heterocycles. The van der Waals surface area contributed by atoms with Crippen molar-refractivity contribution in [3.05, 3.63) is 118 Å². The summed E-state index contributed by atoms with van der Waals surface area (Å²) in [4.78, 5) is 27.4. The van der Waals surface area contributed by atoms with Crippen molar-refractivity contribution in [2.75, 3.05) is 4.72 Å². The van der Waals surface area contributed by atoms with Crippen LogP contribution in [0.2, 0.25) is 0 Å². The minimum absolute atomic E-state index is 0.0175. The molecule has 0 amide bonds. The lowest BCUT2D eigenvalue weighted by Gasteiger charge is -2.23. The van der Waals surface area contributed by atoms with E-state index in [0.29, 0.717) is 5.75 Å². The molecule has 1 aliphatic carbocycles. The van der Waals surface area contributed by atoms with Crippen LogP contribution in [0.25, 0.3) is 0 Å². The summed E-state index contributed by atoms with van der Waals surface area (Å²) in [5.74, 6) is -0.194. The largest absolute Gasteiger partial charge is 0.457 e. The fraction of sp³-hybridized carbons (Fsp3) is 0.161. The number of nitrogens with one attached hydrogen (secondary N) is 1. The second-order valence-corrected chi connectivity index (χ2v) is 12.0. The van der Waals surface area contributed by atoms with Gasteiger partial charge in [-0.2, -0.15) is 0 Å². The smallest absolute Gasteiger partial charge is 0.261 e. The lowest BCUT2D eigenvalue weighted by Crippen LogP contribution is -2.24. The van der Waals surface area contributed by atoms with Crippen LogP contribution in [0, 0.1) is 6.92 Å². The SMILES string of the molecule is Cc1ccc(S(=O)(=O)Nc2ccc(Oc3ccc(C(C)(C)C)cc3)c3c2C(=O)c2ccccc2C3=O)cc1. The first-order chi connectivity index (χ1) is 18.0. The highest BCUT2D eigenvalue weighted by Gasteiger charge is 2.35. The van der Waals surface area contributed by atoms with Crippen LogP contribution in [0.5, 0.6) is 11.5 Å². The Morgan fingerprint density at radius 3 is 1.87 bits per heavy atom. The zero-order valence-corrected chi connectivity index (χ0v) is 22.3. The molecule has 4 aromatic carbocycles. The van der Waals surface area contributed by atoms with Crippen LogP contribution in [0.15, 0.2) is 89.8 Å². The molecule has 1 N–H and O–H groups in total. The molecule has 0 unspecified atom stereocenters. The summed E-state index contributed by atoms with van der Waals surface area (Å²) in [5.41, 5.74) is 2.46. The first kappa shape index (κ1) is 25.4. The molecule has 6 nitrogen and oxygen atoms in total. The lowest BCUT2D eigenvalue weighted by molar-refractivity contribution is 0.0977. The Morgan fingerprint density at radius 1 is 0.711 bits per heavy atom. The monoisotopic (exact) mass is 525 g/mol. The maximum Gasteiger partial charge on any atom is 0.261 e. The van der Waals surface area contributed by atoms with E-state index < -0.39 is 21.6 Å². The Labute approximate surface area is 222 Å². The average molecular weight is 526 g/mol. The van der Waals surface area contributed by atoms with Crippen LogP contribution in [0.1, 0.15) is 63.7 Å². The minimum Gasteiger partial charge on any atom is -0.457 e. The van der Waals surface area contributed by atoms with Gasteiger partial charge in [-0.05, 0) is 54.3 Å². The molecule has 5 rings (SSSR count). The Balaban J connectivity index is 1.61. The molecule has 4 aromatic rings. The number of sulfonamides is 1. The summed E-state index contributed by atoms with van der Waals surface area (Å²) in [6.45, 7) is 8.18. The second kappa shape index (κ2) is 9.26. The molecule has 38 heavy (non-hydrogen) atoms. The summed E-state index contributed by atoms with van der Waals surface area (Å²) < 4.78 is 35.0. The van der Waals surface area contributed by atoms with Crippen molar-refractivity contribution in [3.8, 4) is 11.5 Å². The van der Waals surface area contributed by atoms with Crippen LogP contribution < -0.4 is 9.46 Å². The van der Waals surface area contributed by atoms with E-state index in [9.17, 15) is 18.0 Å². The Hall–Kier alpha value is -4.23. The molecule has 0 saturated carbocycles. The molecule has 0 heterocycles. The van der Waals surface area contributed by atoms with Crippen molar-refractivity contribution in [1.29, 1.82) is 0 Å². The van der Waals surface area contributed by atoms with Gasteiger partial charge in [-0.25, -0.2) is 8.42 Å². The quantitative estimate of drug-likeness (QED) is 0.277. The highest BCUT2D eigenvalue weighted by Crippen LogP contribution is 2.40. The molecule has 0 saturated heterocycles. The van der Waals surface area contributed by atoms with Gasteiger partial charge in [0.2, 0.25) is 0 Å². The number of fused-ring (bicyclic) bond motifs is 2. The minimum atomic E-state index is -4.03. The third-order valence-electron chi connectivity index (χ3n) is 6.56.